The molecule has 1 aliphatic heterocycles. The number of nitrogens with zero attached hydrogens (tertiary/aromatic N) is 1. The van der Waals surface area contributed by atoms with Crippen LogP contribution in [0.4, 0.5) is 18.9 Å². The number of halogens is 3. The Hall–Kier alpha value is -1.75. The van der Waals surface area contributed by atoms with Gasteiger partial charge < -0.3 is 0 Å². The third-order valence-corrected chi connectivity index (χ3v) is 3.75. The molecular weight excluding hydrogens is 271 g/mol. The summed E-state index contributed by atoms with van der Waals surface area (Å²) in [6, 6.07) is 11.0. The van der Waals surface area contributed by atoms with E-state index in [1.165, 1.54) is 17.8 Å². The van der Waals surface area contributed by atoms with Gasteiger partial charge in [-0.05, 0) is 29.7 Å². The summed E-state index contributed by atoms with van der Waals surface area (Å²) >= 11 is 1.39. The molecule has 0 atom stereocenters. The van der Waals surface area contributed by atoms with Crippen LogP contribution in [0.15, 0.2) is 52.4 Å². The Morgan fingerprint density at radius 3 is 2.58 bits per heavy atom. The lowest BCUT2D eigenvalue weighted by molar-refractivity contribution is -0.137. The van der Waals surface area contributed by atoms with Gasteiger partial charge in [-0.1, -0.05) is 30.0 Å². The van der Waals surface area contributed by atoms with Crippen LogP contribution in [-0.2, 0) is 6.18 Å². The van der Waals surface area contributed by atoms with Gasteiger partial charge >= 0.3 is 6.18 Å². The van der Waals surface area contributed by atoms with Gasteiger partial charge in [-0.2, -0.15) is 13.2 Å². The maximum Gasteiger partial charge on any atom is 0.416 e. The minimum absolute atomic E-state index is 0.362. The highest BCUT2D eigenvalue weighted by atomic mass is 32.2. The number of benzene rings is 2. The van der Waals surface area contributed by atoms with E-state index in [0.29, 0.717) is 11.0 Å². The summed E-state index contributed by atoms with van der Waals surface area (Å²) in [5.74, 6) is 0. The van der Waals surface area contributed by atoms with Gasteiger partial charge in [-0.3, -0.25) is 0 Å². The van der Waals surface area contributed by atoms with Crippen LogP contribution in [-0.4, -0.2) is 0 Å². The van der Waals surface area contributed by atoms with Gasteiger partial charge in [0.25, 0.3) is 0 Å². The van der Waals surface area contributed by atoms with E-state index in [4.69, 9.17) is 0 Å². The van der Waals surface area contributed by atoms with Crippen LogP contribution in [0.2, 0.25) is 0 Å². The maximum absolute atomic E-state index is 12.7. The molecule has 1 heterocycles. The molecule has 0 saturated carbocycles. The quantitative estimate of drug-likeness (QED) is 0.719. The molecule has 0 radical (unpaired) electrons. The maximum atomic E-state index is 12.7. The second-order valence-electron chi connectivity index (χ2n) is 4.09. The van der Waals surface area contributed by atoms with E-state index in [2.05, 4.69) is 4.99 Å². The number of para-hydroxylation sites is 1. The summed E-state index contributed by atoms with van der Waals surface area (Å²) in [5.41, 5.74) is -0.309. The van der Waals surface area contributed by atoms with Crippen molar-refractivity contribution in [3.8, 4) is 0 Å². The van der Waals surface area contributed by atoms with Crippen molar-refractivity contribution >= 4 is 22.9 Å². The molecule has 0 amide bonds. The van der Waals surface area contributed by atoms with Crippen LogP contribution >= 0.6 is 11.8 Å². The predicted octanol–water partition coefficient (Wildman–Crippen LogP) is 3.50. The van der Waals surface area contributed by atoms with Gasteiger partial charge in [-0.25, -0.2) is 4.99 Å². The first-order valence-electron chi connectivity index (χ1n) is 5.56. The largest absolute Gasteiger partial charge is 0.416 e. The zero-order chi connectivity index (χ0) is 13.5. The van der Waals surface area contributed by atoms with E-state index >= 15 is 0 Å². The summed E-state index contributed by atoms with van der Waals surface area (Å²) in [6.45, 7) is 0. The van der Waals surface area contributed by atoms with Gasteiger partial charge in [0.1, 0.15) is 0 Å². The Labute approximate surface area is 111 Å². The van der Waals surface area contributed by atoms with Gasteiger partial charge in [0, 0.05) is 10.1 Å². The first-order chi connectivity index (χ1) is 9.04. The number of hydrogen-bond acceptors (Lipinski definition) is 2. The summed E-state index contributed by atoms with van der Waals surface area (Å²) in [6.07, 6.45) is -4.34. The Balaban J connectivity index is 2.22. The van der Waals surface area contributed by atoms with Crippen molar-refractivity contribution in [2.24, 2.45) is 4.99 Å². The monoisotopic (exact) mass is 279 g/mol. The number of hydrogen-bond donors (Lipinski definition) is 0. The van der Waals surface area contributed by atoms with Crippen molar-refractivity contribution in [3.05, 3.63) is 58.6 Å². The van der Waals surface area contributed by atoms with Crippen molar-refractivity contribution < 1.29 is 13.2 Å². The van der Waals surface area contributed by atoms with E-state index in [9.17, 15) is 13.2 Å². The number of rotatable bonds is 0. The van der Waals surface area contributed by atoms with E-state index in [-0.39, 0.29) is 0 Å². The Morgan fingerprint density at radius 2 is 1.79 bits per heavy atom. The molecule has 1 nitrogen and oxygen atoms in total. The van der Waals surface area contributed by atoms with E-state index in [0.717, 1.165) is 22.2 Å². The van der Waals surface area contributed by atoms with Crippen molar-refractivity contribution in [2.45, 2.75) is 11.1 Å². The molecule has 1 aliphatic rings. The third kappa shape index (κ3) is 2.38. The second kappa shape index (κ2) is 4.42. The summed E-state index contributed by atoms with van der Waals surface area (Å²) in [5, 5.41) is 3.50. The van der Waals surface area contributed by atoms with Crippen LogP contribution in [0.1, 0.15) is 5.56 Å². The van der Waals surface area contributed by atoms with Crippen molar-refractivity contribution in [3.63, 3.8) is 0 Å². The summed E-state index contributed by atoms with van der Waals surface area (Å²) < 4.78 is 38.1. The first kappa shape index (κ1) is 12.3. The molecule has 2 aromatic rings. The fraction of sp³-hybridized carbons (Fsp3) is 0.0714. The fourth-order valence-electron chi connectivity index (χ4n) is 1.83. The Kier molecular flexibility index (Phi) is 2.86. The van der Waals surface area contributed by atoms with Crippen molar-refractivity contribution in [2.75, 3.05) is 0 Å². The lowest BCUT2D eigenvalue weighted by Gasteiger charge is -2.08. The predicted molar refractivity (Wildman–Crippen MR) is 68.6 cm³/mol. The average Bonchev–Trinajstić information content (AvgIpc) is 2.55. The topological polar surface area (TPSA) is 12.4 Å². The Morgan fingerprint density at radius 1 is 1.00 bits per heavy atom. The minimum atomic E-state index is -4.34. The molecule has 0 saturated heterocycles. The van der Waals surface area contributed by atoms with Crippen LogP contribution in [0.3, 0.4) is 0 Å². The smallest absolute Gasteiger partial charge is 0.247 e. The zero-order valence-electron chi connectivity index (χ0n) is 9.61. The fourth-order valence-corrected chi connectivity index (χ4v) is 2.65. The third-order valence-electron chi connectivity index (χ3n) is 2.78. The van der Waals surface area contributed by atoms with Gasteiger partial charge in [0.2, 0.25) is 0 Å². The Bertz CT molecular complexity index is 750. The van der Waals surface area contributed by atoms with E-state index in [1.807, 2.05) is 23.6 Å². The van der Waals surface area contributed by atoms with Gasteiger partial charge in [-0.15, -0.1) is 0 Å². The number of thioether (sulfide) groups is 1. The molecule has 0 unspecified atom stereocenters. The summed E-state index contributed by atoms with van der Waals surface area (Å²) in [7, 11) is 0. The standard InChI is InChI=1S/C14H8F3NS/c15-14(16,17)10-5-6-13-12(7-10)18-11-4-2-1-3-9(11)8-19-13/h1-8H. The molecule has 0 fully saturated rings. The molecule has 0 spiro atoms. The van der Waals surface area contributed by atoms with Crippen LogP contribution in [0.5, 0.6) is 0 Å². The minimum Gasteiger partial charge on any atom is -0.247 e. The normalized spacial score (nSPS) is 13.6. The van der Waals surface area contributed by atoms with E-state index in [1.54, 1.807) is 6.07 Å². The van der Waals surface area contributed by atoms with E-state index < -0.39 is 11.7 Å². The van der Waals surface area contributed by atoms with Gasteiger partial charge in [0.15, 0.2) is 0 Å². The van der Waals surface area contributed by atoms with Crippen LogP contribution in [0, 0.1) is 0 Å². The molecule has 0 aromatic heterocycles. The summed E-state index contributed by atoms with van der Waals surface area (Å²) in [4.78, 5) is 5.05. The molecule has 0 bridgehead atoms. The molecule has 0 N–H and O–H groups in total. The molecule has 19 heavy (non-hydrogen) atoms. The highest BCUT2D eigenvalue weighted by molar-refractivity contribution is 8.06. The van der Waals surface area contributed by atoms with Crippen LogP contribution in [0.25, 0.3) is 5.41 Å². The highest BCUT2D eigenvalue weighted by Crippen LogP contribution is 2.37. The number of fused-ring (bicyclic) bond motifs is 2. The second-order valence-corrected chi connectivity index (χ2v) is 5.00. The zero-order valence-corrected chi connectivity index (χ0v) is 10.4. The molecular formula is C14H8F3NS. The van der Waals surface area contributed by atoms with Crippen molar-refractivity contribution in [1.82, 2.24) is 0 Å². The van der Waals surface area contributed by atoms with Crippen molar-refractivity contribution in [1.29, 1.82) is 0 Å². The lowest BCUT2D eigenvalue weighted by Crippen LogP contribution is -2.22. The molecule has 96 valence electrons. The highest BCUT2D eigenvalue weighted by Gasteiger charge is 2.31. The lowest BCUT2D eigenvalue weighted by atomic mass is 10.2. The molecule has 2 aromatic carbocycles. The molecule has 3 rings (SSSR count). The molecule has 0 aliphatic carbocycles. The average molecular weight is 279 g/mol. The molecule has 5 heteroatoms. The van der Waals surface area contributed by atoms with Gasteiger partial charge in [0.05, 0.1) is 16.6 Å². The first-order valence-corrected chi connectivity index (χ1v) is 6.44. The number of alkyl halides is 3. The SMILES string of the molecule is FC(F)(F)c1ccc2c(c1)N=c1ccccc1=CS2. The van der Waals surface area contributed by atoms with Crippen LogP contribution < -0.4 is 10.6 Å².